The average Bonchev–Trinajstić information content (AvgIpc) is 3.29. The molecule has 0 saturated carbocycles. The number of nitrogens with zero attached hydrogens (tertiary/aromatic N) is 5. The molecule has 1 atom stereocenters. The Balaban J connectivity index is 1.54. The van der Waals surface area contributed by atoms with Gasteiger partial charge in [0.1, 0.15) is 6.04 Å². The molecule has 1 aromatic carbocycles. The van der Waals surface area contributed by atoms with Crippen LogP contribution in [-0.4, -0.2) is 43.1 Å². The number of benzene rings is 1. The molecule has 1 aliphatic heterocycles. The van der Waals surface area contributed by atoms with Gasteiger partial charge in [0.25, 0.3) is 5.56 Å². The van der Waals surface area contributed by atoms with Gasteiger partial charge in [-0.1, -0.05) is 18.2 Å². The number of aromatic nitrogens is 4. The van der Waals surface area contributed by atoms with E-state index >= 15 is 0 Å². The molecule has 5 rings (SSSR count). The van der Waals surface area contributed by atoms with Gasteiger partial charge in [0, 0.05) is 48.0 Å². The van der Waals surface area contributed by atoms with Crippen LogP contribution in [0.1, 0.15) is 34.4 Å². The van der Waals surface area contributed by atoms with E-state index in [1.165, 1.54) is 11.3 Å². The zero-order valence-corrected chi connectivity index (χ0v) is 19.0. The van der Waals surface area contributed by atoms with E-state index in [0.29, 0.717) is 30.3 Å². The molecule has 1 amide bonds. The van der Waals surface area contributed by atoms with Gasteiger partial charge < -0.3 is 5.32 Å². The van der Waals surface area contributed by atoms with Gasteiger partial charge in [0.2, 0.25) is 5.91 Å². The molecule has 4 aromatic rings. The van der Waals surface area contributed by atoms with E-state index in [1.54, 1.807) is 10.5 Å². The Morgan fingerprint density at radius 2 is 1.94 bits per heavy atom. The molecule has 8 nitrogen and oxygen atoms in total. The first kappa shape index (κ1) is 20.6. The van der Waals surface area contributed by atoms with E-state index < -0.39 is 6.04 Å². The Labute approximate surface area is 189 Å². The molecule has 0 aliphatic carbocycles. The number of hydrogen-bond donors (Lipinski definition) is 1. The van der Waals surface area contributed by atoms with Crippen LogP contribution in [-0.2, 0) is 11.3 Å². The summed E-state index contributed by atoms with van der Waals surface area (Å²) >= 11 is 1.45. The number of fused-ring (bicyclic) bond motifs is 1. The summed E-state index contributed by atoms with van der Waals surface area (Å²) in [6.07, 6.45) is 0. The molecule has 1 aliphatic rings. The predicted octanol–water partition coefficient (Wildman–Crippen LogP) is 2.54. The zero-order chi connectivity index (χ0) is 22.4. The van der Waals surface area contributed by atoms with Crippen LogP contribution >= 0.6 is 11.3 Å². The van der Waals surface area contributed by atoms with E-state index in [0.717, 1.165) is 28.3 Å². The van der Waals surface area contributed by atoms with E-state index in [-0.39, 0.29) is 11.5 Å². The third-order valence-electron chi connectivity index (χ3n) is 5.93. The number of thiazole rings is 1. The van der Waals surface area contributed by atoms with Crippen molar-refractivity contribution in [2.24, 2.45) is 0 Å². The highest BCUT2D eigenvalue weighted by Crippen LogP contribution is 2.31. The summed E-state index contributed by atoms with van der Waals surface area (Å²) in [4.78, 5) is 33.1. The molecule has 0 spiro atoms. The van der Waals surface area contributed by atoms with Gasteiger partial charge in [-0.3, -0.25) is 18.9 Å². The number of piperazine rings is 1. The molecule has 164 valence electrons. The predicted molar refractivity (Wildman–Crippen MR) is 123 cm³/mol. The van der Waals surface area contributed by atoms with Gasteiger partial charge in [-0.25, -0.2) is 9.67 Å². The highest BCUT2D eigenvalue weighted by Gasteiger charge is 2.35. The van der Waals surface area contributed by atoms with Gasteiger partial charge in [-0.2, -0.15) is 5.10 Å². The van der Waals surface area contributed by atoms with Gasteiger partial charge >= 0.3 is 0 Å². The topological polar surface area (TPSA) is 84.5 Å². The second-order valence-corrected chi connectivity index (χ2v) is 8.91. The smallest absolute Gasteiger partial charge is 0.259 e. The third-order valence-corrected chi connectivity index (χ3v) is 6.87. The summed E-state index contributed by atoms with van der Waals surface area (Å²) in [5.74, 6) is -0.0557. The van der Waals surface area contributed by atoms with Crippen molar-refractivity contribution in [2.75, 3.05) is 13.1 Å². The monoisotopic (exact) mass is 448 g/mol. The first-order valence-electron chi connectivity index (χ1n) is 10.5. The van der Waals surface area contributed by atoms with E-state index in [1.807, 2.05) is 61.2 Å². The lowest BCUT2D eigenvalue weighted by atomic mass is 10.00. The highest BCUT2D eigenvalue weighted by atomic mass is 32.1. The SMILES string of the molecule is Cc1nn(-c2ccccc2)c(C)c1[C@@H]1C(=O)NCCN1Cc1cc(=O)n2c(C)csc2n1. The second kappa shape index (κ2) is 7.99. The van der Waals surface area contributed by atoms with Crippen molar-refractivity contribution < 1.29 is 4.79 Å². The van der Waals surface area contributed by atoms with E-state index in [4.69, 9.17) is 5.10 Å². The van der Waals surface area contributed by atoms with Crippen molar-refractivity contribution in [1.82, 2.24) is 29.4 Å². The summed E-state index contributed by atoms with van der Waals surface area (Å²) in [6.45, 7) is 7.46. The van der Waals surface area contributed by atoms with E-state index in [2.05, 4.69) is 15.2 Å². The average molecular weight is 449 g/mol. The Bertz CT molecular complexity index is 1370. The first-order chi connectivity index (χ1) is 15.4. The molecule has 1 saturated heterocycles. The maximum absolute atomic E-state index is 13.1. The number of para-hydroxylation sites is 1. The first-order valence-corrected chi connectivity index (χ1v) is 11.4. The minimum absolute atomic E-state index is 0.0557. The number of aryl methyl sites for hydroxylation is 2. The van der Waals surface area contributed by atoms with Crippen LogP contribution in [0, 0.1) is 20.8 Å². The quantitative estimate of drug-likeness (QED) is 0.519. The van der Waals surface area contributed by atoms with Gasteiger partial charge in [0.15, 0.2) is 4.96 Å². The fourth-order valence-electron chi connectivity index (χ4n) is 4.46. The van der Waals surface area contributed by atoms with Gasteiger partial charge in [-0.05, 0) is 32.9 Å². The van der Waals surface area contributed by atoms with Crippen LogP contribution in [0.25, 0.3) is 10.6 Å². The van der Waals surface area contributed by atoms with E-state index in [9.17, 15) is 9.59 Å². The second-order valence-electron chi connectivity index (χ2n) is 8.08. The summed E-state index contributed by atoms with van der Waals surface area (Å²) in [5.41, 5.74) is 5.05. The van der Waals surface area contributed by atoms with Crippen LogP contribution in [0.4, 0.5) is 0 Å². The number of nitrogens with one attached hydrogen (secondary N) is 1. The van der Waals surface area contributed by atoms with Crippen LogP contribution in [0.5, 0.6) is 0 Å². The molecule has 4 heterocycles. The van der Waals surface area contributed by atoms with Gasteiger partial charge in [0.05, 0.1) is 17.1 Å². The fourth-order valence-corrected chi connectivity index (χ4v) is 5.35. The van der Waals surface area contributed by atoms with Gasteiger partial charge in [-0.15, -0.1) is 11.3 Å². The maximum Gasteiger partial charge on any atom is 0.259 e. The molecule has 1 fully saturated rings. The molecule has 0 radical (unpaired) electrons. The maximum atomic E-state index is 13.1. The van der Waals surface area contributed by atoms with Crippen LogP contribution in [0.3, 0.4) is 0 Å². The Hall–Kier alpha value is -3.30. The summed E-state index contributed by atoms with van der Waals surface area (Å²) in [7, 11) is 0. The molecule has 1 N–H and O–H groups in total. The van der Waals surface area contributed by atoms with Crippen molar-refractivity contribution in [3.63, 3.8) is 0 Å². The molecule has 0 bridgehead atoms. The lowest BCUT2D eigenvalue weighted by Gasteiger charge is -2.35. The molecule has 0 unspecified atom stereocenters. The Morgan fingerprint density at radius 1 is 1.16 bits per heavy atom. The van der Waals surface area contributed by atoms with Crippen molar-refractivity contribution in [1.29, 1.82) is 0 Å². The largest absolute Gasteiger partial charge is 0.353 e. The van der Waals surface area contributed by atoms with Crippen molar-refractivity contribution in [3.8, 4) is 5.69 Å². The standard InChI is InChI=1S/C23H24N6O2S/c1-14-13-32-23-25-17(11-19(30)28(14)23)12-27-10-9-24-22(31)21(27)20-15(2)26-29(16(20)3)18-7-5-4-6-8-18/h4-8,11,13,21H,9-10,12H2,1-3H3,(H,24,31)/t21-/m1/s1. The Kier molecular flexibility index (Phi) is 5.15. The molecular weight excluding hydrogens is 424 g/mol. The number of hydrogen-bond acceptors (Lipinski definition) is 6. The third kappa shape index (κ3) is 3.43. The molecule has 3 aromatic heterocycles. The zero-order valence-electron chi connectivity index (χ0n) is 18.2. The minimum Gasteiger partial charge on any atom is -0.353 e. The van der Waals surface area contributed by atoms with Crippen molar-refractivity contribution >= 4 is 22.2 Å². The van der Waals surface area contributed by atoms with Crippen LogP contribution in [0.2, 0.25) is 0 Å². The summed E-state index contributed by atoms with van der Waals surface area (Å²) in [6, 6.07) is 11.0. The number of carbonyl (C=O) groups excluding carboxylic acids is 1. The highest BCUT2D eigenvalue weighted by molar-refractivity contribution is 7.15. The minimum atomic E-state index is -0.494. The normalized spacial score (nSPS) is 17.1. The molecular formula is C23H24N6O2S. The van der Waals surface area contributed by atoms with Crippen LogP contribution < -0.4 is 10.9 Å². The lowest BCUT2D eigenvalue weighted by Crippen LogP contribution is -2.50. The molecule has 9 heteroatoms. The number of amides is 1. The van der Waals surface area contributed by atoms with Crippen LogP contribution in [0.15, 0.2) is 46.6 Å². The number of rotatable bonds is 4. The molecule has 32 heavy (non-hydrogen) atoms. The lowest BCUT2D eigenvalue weighted by molar-refractivity contribution is -0.129. The van der Waals surface area contributed by atoms with Crippen molar-refractivity contribution in [3.05, 3.63) is 80.5 Å². The summed E-state index contributed by atoms with van der Waals surface area (Å²) < 4.78 is 3.50. The fraction of sp³-hybridized carbons (Fsp3) is 0.304. The number of carbonyl (C=O) groups is 1. The van der Waals surface area contributed by atoms with Crippen molar-refractivity contribution in [2.45, 2.75) is 33.4 Å². The summed E-state index contributed by atoms with van der Waals surface area (Å²) in [5, 5.41) is 9.65. The Morgan fingerprint density at radius 3 is 2.72 bits per heavy atom.